The van der Waals surface area contributed by atoms with Crippen LogP contribution in [0.3, 0.4) is 0 Å². The van der Waals surface area contributed by atoms with E-state index in [4.69, 9.17) is 0 Å². The summed E-state index contributed by atoms with van der Waals surface area (Å²) in [5.74, 6) is 0.887. The summed E-state index contributed by atoms with van der Waals surface area (Å²) in [6, 6.07) is 8.07. The van der Waals surface area contributed by atoms with Crippen molar-refractivity contribution in [3.05, 3.63) is 30.6 Å². The molecule has 3 rings (SSSR count). The smallest absolute Gasteiger partial charge is 0.152 e. The molecular weight excluding hydrogens is 212 g/mol. The van der Waals surface area contributed by atoms with Crippen molar-refractivity contribution in [3.63, 3.8) is 0 Å². The summed E-state index contributed by atoms with van der Waals surface area (Å²) >= 11 is 0. The molecule has 0 unspecified atom stereocenters. The van der Waals surface area contributed by atoms with E-state index in [2.05, 4.69) is 33.3 Å². The molecule has 0 saturated heterocycles. The van der Waals surface area contributed by atoms with Crippen LogP contribution in [0, 0.1) is 0 Å². The van der Waals surface area contributed by atoms with Gasteiger partial charge in [-0.2, -0.15) is 0 Å². The molecule has 4 nitrogen and oxygen atoms in total. The van der Waals surface area contributed by atoms with Gasteiger partial charge < -0.3 is 10.3 Å². The molecule has 0 atom stereocenters. The average molecular weight is 226 g/mol. The van der Waals surface area contributed by atoms with Gasteiger partial charge in [0, 0.05) is 11.9 Å². The second kappa shape index (κ2) is 4.05. The van der Waals surface area contributed by atoms with Gasteiger partial charge in [-0.3, -0.25) is 0 Å². The minimum atomic E-state index is 0.887. The molecule has 0 amide bonds. The van der Waals surface area contributed by atoms with Crippen LogP contribution in [0.1, 0.15) is 13.3 Å². The predicted molar refractivity (Wildman–Crippen MR) is 70.2 cm³/mol. The normalized spacial score (nSPS) is 11.1. The monoisotopic (exact) mass is 226 g/mol. The molecule has 0 aliphatic carbocycles. The lowest BCUT2D eigenvalue weighted by molar-refractivity contribution is 0.973. The van der Waals surface area contributed by atoms with E-state index in [9.17, 15) is 0 Å². The highest BCUT2D eigenvalue weighted by molar-refractivity contribution is 6.06. The largest absolute Gasteiger partial charge is 0.368 e. The Morgan fingerprint density at radius 3 is 3.06 bits per heavy atom. The lowest BCUT2D eigenvalue weighted by atomic mass is 10.2. The zero-order valence-electron chi connectivity index (χ0n) is 9.70. The third kappa shape index (κ3) is 1.62. The van der Waals surface area contributed by atoms with Crippen LogP contribution >= 0.6 is 0 Å². The maximum atomic E-state index is 4.63. The molecule has 0 fully saturated rings. The number of para-hydroxylation sites is 1. The minimum absolute atomic E-state index is 0.887. The average Bonchev–Trinajstić information content (AvgIpc) is 2.85. The van der Waals surface area contributed by atoms with Gasteiger partial charge in [0.25, 0.3) is 0 Å². The summed E-state index contributed by atoms with van der Waals surface area (Å²) in [7, 11) is 0. The van der Waals surface area contributed by atoms with Crippen molar-refractivity contribution in [2.24, 2.45) is 0 Å². The number of aromatic amines is 1. The molecule has 0 radical (unpaired) electrons. The summed E-state index contributed by atoms with van der Waals surface area (Å²) in [5, 5.41) is 4.42. The highest BCUT2D eigenvalue weighted by Gasteiger charge is 2.09. The molecule has 0 bridgehead atoms. The third-order valence-electron chi connectivity index (χ3n) is 2.81. The van der Waals surface area contributed by atoms with Gasteiger partial charge in [0.1, 0.15) is 11.0 Å². The topological polar surface area (TPSA) is 53.6 Å². The number of nitrogens with one attached hydrogen (secondary N) is 2. The van der Waals surface area contributed by atoms with E-state index < -0.39 is 0 Å². The van der Waals surface area contributed by atoms with Gasteiger partial charge in [0.15, 0.2) is 5.82 Å². The molecule has 17 heavy (non-hydrogen) atoms. The second-order valence-electron chi connectivity index (χ2n) is 4.03. The van der Waals surface area contributed by atoms with Gasteiger partial charge >= 0.3 is 0 Å². The van der Waals surface area contributed by atoms with E-state index in [1.807, 2.05) is 18.2 Å². The highest BCUT2D eigenvalue weighted by Crippen LogP contribution is 2.26. The van der Waals surface area contributed by atoms with Gasteiger partial charge in [-0.1, -0.05) is 25.1 Å². The quantitative estimate of drug-likeness (QED) is 0.722. The Hall–Kier alpha value is -2.10. The first-order valence-electron chi connectivity index (χ1n) is 5.86. The number of imidazole rings is 1. The molecule has 0 spiro atoms. The number of benzene rings is 1. The summed E-state index contributed by atoms with van der Waals surface area (Å²) in [5.41, 5.74) is 2.94. The number of rotatable bonds is 3. The summed E-state index contributed by atoms with van der Waals surface area (Å²) in [4.78, 5) is 12.2. The van der Waals surface area contributed by atoms with Gasteiger partial charge in [0.2, 0.25) is 0 Å². The molecule has 3 aromatic rings. The number of hydrogen-bond donors (Lipinski definition) is 2. The molecule has 2 N–H and O–H groups in total. The van der Waals surface area contributed by atoms with Crippen molar-refractivity contribution < 1.29 is 0 Å². The Labute approximate surface area is 99.1 Å². The van der Waals surface area contributed by atoms with Crippen LogP contribution in [0.15, 0.2) is 30.6 Å². The zero-order chi connectivity index (χ0) is 11.7. The number of H-pyrrole nitrogens is 1. The van der Waals surface area contributed by atoms with E-state index in [0.29, 0.717) is 0 Å². The van der Waals surface area contributed by atoms with E-state index >= 15 is 0 Å². The third-order valence-corrected chi connectivity index (χ3v) is 2.81. The number of pyridine rings is 1. The molecule has 1 aromatic carbocycles. The van der Waals surface area contributed by atoms with Crippen molar-refractivity contribution in [2.45, 2.75) is 13.3 Å². The van der Waals surface area contributed by atoms with Crippen molar-refractivity contribution in [3.8, 4) is 0 Å². The molecule has 2 heterocycles. The van der Waals surface area contributed by atoms with E-state index in [1.54, 1.807) is 6.33 Å². The number of aromatic nitrogens is 3. The number of anilines is 1. The van der Waals surface area contributed by atoms with Gasteiger partial charge in [0.05, 0.1) is 11.8 Å². The number of hydrogen-bond acceptors (Lipinski definition) is 3. The van der Waals surface area contributed by atoms with Crippen molar-refractivity contribution in [2.75, 3.05) is 11.9 Å². The fraction of sp³-hybridized carbons (Fsp3) is 0.231. The zero-order valence-corrected chi connectivity index (χ0v) is 9.70. The number of fused-ring (bicyclic) bond motifs is 3. The molecule has 0 aliphatic rings. The number of nitrogens with zero attached hydrogens (tertiary/aromatic N) is 2. The van der Waals surface area contributed by atoms with Crippen LogP contribution in [0.5, 0.6) is 0 Å². The van der Waals surface area contributed by atoms with E-state index in [0.717, 1.165) is 40.7 Å². The Balaban J connectivity index is 2.28. The van der Waals surface area contributed by atoms with Gasteiger partial charge in [-0.25, -0.2) is 9.97 Å². The Bertz CT molecular complexity index is 657. The molecule has 2 aromatic heterocycles. The van der Waals surface area contributed by atoms with Crippen LogP contribution < -0.4 is 5.32 Å². The maximum absolute atomic E-state index is 4.63. The predicted octanol–water partition coefficient (Wildman–Crippen LogP) is 2.93. The van der Waals surface area contributed by atoms with Crippen LogP contribution in [0.2, 0.25) is 0 Å². The fourth-order valence-electron chi connectivity index (χ4n) is 2.00. The first-order valence-corrected chi connectivity index (χ1v) is 5.86. The maximum Gasteiger partial charge on any atom is 0.152 e. The first kappa shape index (κ1) is 10.1. The van der Waals surface area contributed by atoms with Gasteiger partial charge in [-0.05, 0) is 12.5 Å². The van der Waals surface area contributed by atoms with E-state index in [-0.39, 0.29) is 0 Å². The Morgan fingerprint density at radius 2 is 2.18 bits per heavy atom. The highest BCUT2D eigenvalue weighted by atomic mass is 15.0. The van der Waals surface area contributed by atoms with Crippen molar-refractivity contribution in [1.82, 2.24) is 15.0 Å². The second-order valence-corrected chi connectivity index (χ2v) is 4.03. The van der Waals surface area contributed by atoms with Crippen LogP contribution in [0.25, 0.3) is 21.9 Å². The van der Waals surface area contributed by atoms with E-state index in [1.165, 1.54) is 0 Å². The lowest BCUT2D eigenvalue weighted by Crippen LogP contribution is -2.02. The SMILES string of the molecule is CCCNc1nc2ccccc2c2nc[nH]c12. The van der Waals surface area contributed by atoms with Crippen molar-refractivity contribution >= 4 is 27.8 Å². The van der Waals surface area contributed by atoms with Crippen LogP contribution in [-0.4, -0.2) is 21.5 Å². The fourth-order valence-corrected chi connectivity index (χ4v) is 2.00. The van der Waals surface area contributed by atoms with Gasteiger partial charge in [-0.15, -0.1) is 0 Å². The molecule has 4 heteroatoms. The molecular formula is C13H14N4. The summed E-state index contributed by atoms with van der Waals surface area (Å²) in [6.07, 6.45) is 2.79. The molecule has 86 valence electrons. The Morgan fingerprint density at radius 1 is 1.29 bits per heavy atom. The lowest BCUT2D eigenvalue weighted by Gasteiger charge is -2.07. The van der Waals surface area contributed by atoms with Crippen LogP contribution in [0.4, 0.5) is 5.82 Å². The molecule has 0 saturated carbocycles. The minimum Gasteiger partial charge on any atom is -0.368 e. The van der Waals surface area contributed by atoms with Crippen molar-refractivity contribution in [1.29, 1.82) is 0 Å². The summed E-state index contributed by atoms with van der Waals surface area (Å²) in [6.45, 7) is 3.05. The Kier molecular flexibility index (Phi) is 2.40. The van der Waals surface area contributed by atoms with Crippen LogP contribution in [-0.2, 0) is 0 Å². The molecule has 0 aliphatic heterocycles. The summed E-state index contributed by atoms with van der Waals surface area (Å²) < 4.78 is 0. The first-order chi connectivity index (χ1) is 8.40. The standard InChI is InChI=1S/C13H14N4/c1-2-7-14-13-12-11(15-8-16-12)9-5-3-4-6-10(9)17-13/h3-6,8H,2,7H2,1H3,(H,14,17)(H,15,16).